The fourth-order valence-electron chi connectivity index (χ4n) is 2.92. The second kappa shape index (κ2) is 7.45. The van der Waals surface area contributed by atoms with Gasteiger partial charge in [-0.2, -0.15) is 9.40 Å². The molecule has 8 nitrogen and oxygen atoms in total. The molecule has 10 heteroatoms. The van der Waals surface area contributed by atoms with Crippen LogP contribution in [0.25, 0.3) is 0 Å². The van der Waals surface area contributed by atoms with Crippen molar-refractivity contribution in [2.75, 3.05) is 18.4 Å². The Morgan fingerprint density at radius 1 is 1.35 bits per heavy atom. The summed E-state index contributed by atoms with van der Waals surface area (Å²) in [5.74, 6) is -0.190. The Morgan fingerprint density at radius 3 is 2.73 bits per heavy atom. The minimum atomic E-state index is -3.67. The van der Waals surface area contributed by atoms with Crippen LogP contribution < -0.4 is 5.32 Å². The minimum Gasteiger partial charge on any atom is -0.310 e. The van der Waals surface area contributed by atoms with E-state index in [1.807, 2.05) is 0 Å². The first-order valence-electron chi connectivity index (χ1n) is 8.20. The van der Waals surface area contributed by atoms with Crippen LogP contribution in [0.5, 0.6) is 0 Å². The lowest BCUT2D eigenvalue weighted by atomic mass is 9.99. The van der Waals surface area contributed by atoms with Gasteiger partial charge in [0, 0.05) is 30.8 Å². The summed E-state index contributed by atoms with van der Waals surface area (Å²) in [5, 5.41) is 6.77. The highest BCUT2D eigenvalue weighted by molar-refractivity contribution is 9.10. The van der Waals surface area contributed by atoms with Crippen molar-refractivity contribution in [1.29, 1.82) is 0 Å². The molecular formula is C16H20BrN5O3S. The first-order chi connectivity index (χ1) is 12.3. The third-order valence-corrected chi connectivity index (χ3v) is 6.98. The Hall–Kier alpha value is -1.78. The lowest BCUT2D eigenvalue weighted by molar-refractivity contribution is -0.120. The molecule has 1 saturated heterocycles. The molecule has 0 saturated carbocycles. The number of halogens is 1. The second-order valence-corrected chi connectivity index (χ2v) is 9.09. The zero-order chi connectivity index (χ0) is 18.9. The Bertz CT molecular complexity index is 910. The molecule has 2 aromatic heterocycles. The van der Waals surface area contributed by atoms with Gasteiger partial charge in [0.05, 0.1) is 17.8 Å². The van der Waals surface area contributed by atoms with Crippen molar-refractivity contribution in [3.8, 4) is 0 Å². The zero-order valence-corrected chi connectivity index (χ0v) is 16.9. The van der Waals surface area contributed by atoms with Crippen molar-refractivity contribution < 1.29 is 13.2 Å². The molecule has 1 aliphatic heterocycles. The fourth-order valence-corrected chi connectivity index (χ4v) is 4.87. The van der Waals surface area contributed by atoms with E-state index in [0.717, 1.165) is 4.47 Å². The summed E-state index contributed by atoms with van der Waals surface area (Å²) in [5.41, 5.74) is 0.579. The summed E-state index contributed by atoms with van der Waals surface area (Å²) < 4.78 is 29.5. The number of aryl methyl sites for hydroxylation is 1. The van der Waals surface area contributed by atoms with E-state index in [2.05, 4.69) is 31.3 Å². The number of carbonyl (C=O) groups excluding carboxylic acids is 1. The summed E-state index contributed by atoms with van der Waals surface area (Å²) >= 11 is 3.29. The predicted molar refractivity (Wildman–Crippen MR) is 100.0 cm³/mol. The normalized spacial score (nSPS) is 18.7. The van der Waals surface area contributed by atoms with E-state index >= 15 is 0 Å². The van der Waals surface area contributed by atoms with Gasteiger partial charge in [0.1, 0.15) is 10.7 Å². The number of nitrogens with zero attached hydrogens (tertiary/aromatic N) is 4. The highest BCUT2D eigenvalue weighted by Crippen LogP contribution is 2.26. The SMILES string of the molecule is Cc1c(S(=O)(=O)N2CCC[C@@H](C(=O)Nc3ccc(Br)cn3)C2)cnn1C. The van der Waals surface area contributed by atoms with Crippen molar-refractivity contribution in [1.82, 2.24) is 19.1 Å². The van der Waals surface area contributed by atoms with Crippen LogP contribution in [0, 0.1) is 12.8 Å². The maximum Gasteiger partial charge on any atom is 0.246 e. The summed E-state index contributed by atoms with van der Waals surface area (Å²) in [4.78, 5) is 16.8. The standard InChI is InChI=1S/C16H20BrN5O3S/c1-11-14(9-19-21(11)2)26(24,25)22-7-3-4-12(10-22)16(23)20-15-6-5-13(17)8-18-15/h5-6,8-9,12H,3-4,7,10H2,1-2H3,(H,18,20,23)/t12-/m1/s1. The van der Waals surface area contributed by atoms with E-state index in [0.29, 0.717) is 30.9 Å². The number of piperidine rings is 1. The molecule has 1 atom stereocenters. The number of hydrogen-bond acceptors (Lipinski definition) is 5. The van der Waals surface area contributed by atoms with Crippen molar-refractivity contribution in [2.24, 2.45) is 13.0 Å². The molecule has 26 heavy (non-hydrogen) atoms. The molecule has 0 aliphatic carbocycles. The van der Waals surface area contributed by atoms with Crippen LogP contribution in [0.2, 0.25) is 0 Å². The molecule has 3 rings (SSSR count). The number of rotatable bonds is 4. The van der Waals surface area contributed by atoms with Gasteiger partial charge in [0.2, 0.25) is 15.9 Å². The Labute approximate surface area is 160 Å². The van der Waals surface area contributed by atoms with E-state index in [4.69, 9.17) is 0 Å². The van der Waals surface area contributed by atoms with Crippen LogP contribution in [0.3, 0.4) is 0 Å². The Morgan fingerprint density at radius 2 is 2.12 bits per heavy atom. The molecule has 0 radical (unpaired) electrons. The Kier molecular flexibility index (Phi) is 5.44. The van der Waals surface area contributed by atoms with Gasteiger partial charge in [0.15, 0.2) is 0 Å². The molecule has 0 bridgehead atoms. The topological polar surface area (TPSA) is 97.2 Å². The summed E-state index contributed by atoms with van der Waals surface area (Å²) in [6, 6.07) is 3.48. The average molecular weight is 442 g/mol. The van der Waals surface area contributed by atoms with Gasteiger partial charge >= 0.3 is 0 Å². The number of nitrogens with one attached hydrogen (secondary N) is 1. The number of pyridine rings is 1. The van der Waals surface area contributed by atoms with E-state index < -0.39 is 15.9 Å². The molecule has 3 heterocycles. The van der Waals surface area contributed by atoms with Gasteiger partial charge in [-0.25, -0.2) is 13.4 Å². The zero-order valence-electron chi connectivity index (χ0n) is 14.5. The molecule has 1 amide bonds. The number of anilines is 1. The van der Waals surface area contributed by atoms with Crippen LogP contribution in [0.1, 0.15) is 18.5 Å². The van der Waals surface area contributed by atoms with Gasteiger partial charge in [-0.05, 0) is 47.8 Å². The van der Waals surface area contributed by atoms with E-state index in [9.17, 15) is 13.2 Å². The van der Waals surface area contributed by atoms with Crippen LogP contribution in [-0.2, 0) is 21.9 Å². The maximum atomic E-state index is 12.9. The fraction of sp³-hybridized carbons (Fsp3) is 0.438. The molecule has 0 spiro atoms. The Balaban J connectivity index is 1.73. The van der Waals surface area contributed by atoms with Gasteiger partial charge in [0.25, 0.3) is 0 Å². The van der Waals surface area contributed by atoms with Gasteiger partial charge in [-0.3, -0.25) is 9.48 Å². The molecule has 0 unspecified atom stereocenters. The van der Waals surface area contributed by atoms with Crippen molar-refractivity contribution in [2.45, 2.75) is 24.7 Å². The number of sulfonamides is 1. The quantitative estimate of drug-likeness (QED) is 0.781. The summed E-state index contributed by atoms with van der Waals surface area (Å²) in [6.07, 6.45) is 4.23. The minimum absolute atomic E-state index is 0.152. The molecule has 0 aromatic carbocycles. The average Bonchev–Trinajstić information content (AvgIpc) is 2.97. The molecule has 140 valence electrons. The maximum absolute atomic E-state index is 12.9. The lowest BCUT2D eigenvalue weighted by Gasteiger charge is -2.31. The highest BCUT2D eigenvalue weighted by atomic mass is 79.9. The largest absolute Gasteiger partial charge is 0.310 e. The predicted octanol–water partition coefficient (Wildman–Crippen LogP) is 1.93. The van der Waals surface area contributed by atoms with E-state index in [1.54, 1.807) is 32.3 Å². The van der Waals surface area contributed by atoms with Crippen LogP contribution in [-0.4, -0.2) is 46.5 Å². The molecule has 1 N–H and O–H groups in total. The number of aromatic nitrogens is 3. The van der Waals surface area contributed by atoms with Crippen molar-refractivity contribution >= 4 is 37.7 Å². The number of carbonyl (C=O) groups is 1. The number of hydrogen-bond donors (Lipinski definition) is 1. The molecule has 2 aromatic rings. The molecule has 1 aliphatic rings. The van der Waals surface area contributed by atoms with Crippen LogP contribution >= 0.6 is 15.9 Å². The molecule has 1 fully saturated rings. The van der Waals surface area contributed by atoms with Gasteiger partial charge in [-0.1, -0.05) is 0 Å². The monoisotopic (exact) mass is 441 g/mol. The lowest BCUT2D eigenvalue weighted by Crippen LogP contribution is -2.43. The third kappa shape index (κ3) is 3.81. The third-order valence-electron chi connectivity index (χ3n) is 4.54. The smallest absolute Gasteiger partial charge is 0.246 e. The first kappa shape index (κ1) is 19.0. The van der Waals surface area contributed by atoms with Crippen molar-refractivity contribution in [3.63, 3.8) is 0 Å². The first-order valence-corrected chi connectivity index (χ1v) is 10.4. The van der Waals surface area contributed by atoms with Crippen LogP contribution in [0.4, 0.5) is 5.82 Å². The highest BCUT2D eigenvalue weighted by Gasteiger charge is 2.35. The van der Waals surface area contributed by atoms with Gasteiger partial charge < -0.3 is 5.32 Å². The van der Waals surface area contributed by atoms with Crippen LogP contribution in [0.15, 0.2) is 33.9 Å². The summed E-state index contributed by atoms with van der Waals surface area (Å²) in [7, 11) is -1.97. The van der Waals surface area contributed by atoms with E-state index in [-0.39, 0.29) is 17.3 Å². The van der Waals surface area contributed by atoms with Crippen molar-refractivity contribution in [3.05, 3.63) is 34.7 Å². The summed E-state index contributed by atoms with van der Waals surface area (Å²) in [6.45, 7) is 2.27. The number of amides is 1. The van der Waals surface area contributed by atoms with Gasteiger partial charge in [-0.15, -0.1) is 0 Å². The van der Waals surface area contributed by atoms with E-state index in [1.165, 1.54) is 15.2 Å². The second-order valence-electron chi connectivity index (χ2n) is 6.27. The molecular weight excluding hydrogens is 422 g/mol.